The Hall–Kier alpha value is -4.70. The number of carbonyl (C=O) groups is 1. The van der Waals surface area contributed by atoms with Crippen LogP contribution in [0, 0.1) is 6.92 Å². The lowest BCUT2D eigenvalue weighted by molar-refractivity contribution is 0.103. The Morgan fingerprint density at radius 2 is 1.78 bits per heavy atom. The highest BCUT2D eigenvalue weighted by Gasteiger charge is 2.29. The van der Waals surface area contributed by atoms with Crippen molar-refractivity contribution in [3.05, 3.63) is 102 Å². The standard InChI is InChI=1S/C26H20N6O3S/c1-16-6-9-19(10-7-16)36(34,35)32-23-5-3-2-4-17(23)12-24(32)25(33)20-14-30-31(26(20)27)18-8-11-21-22(13-18)29-15-28-21/h2-15H,27H2,1H3,(H,28,29). The van der Waals surface area contributed by atoms with Crippen LogP contribution in [0.1, 0.15) is 21.6 Å². The van der Waals surface area contributed by atoms with E-state index >= 15 is 0 Å². The van der Waals surface area contributed by atoms with Crippen molar-refractivity contribution in [2.45, 2.75) is 11.8 Å². The number of hydrogen-bond acceptors (Lipinski definition) is 6. The molecule has 0 fully saturated rings. The molecule has 6 aromatic rings. The van der Waals surface area contributed by atoms with Gasteiger partial charge < -0.3 is 10.7 Å². The number of anilines is 1. The quantitative estimate of drug-likeness (QED) is 0.346. The lowest BCUT2D eigenvalue weighted by Crippen LogP contribution is -2.19. The minimum atomic E-state index is -4.08. The molecule has 0 saturated carbocycles. The number of benzene rings is 3. The van der Waals surface area contributed by atoms with E-state index in [4.69, 9.17) is 5.73 Å². The van der Waals surface area contributed by atoms with Crippen molar-refractivity contribution < 1.29 is 13.2 Å². The van der Waals surface area contributed by atoms with Gasteiger partial charge in [-0.1, -0.05) is 35.9 Å². The molecule has 36 heavy (non-hydrogen) atoms. The first kappa shape index (κ1) is 21.8. The zero-order valence-electron chi connectivity index (χ0n) is 19.1. The maximum absolute atomic E-state index is 13.8. The van der Waals surface area contributed by atoms with Crippen LogP contribution in [0.5, 0.6) is 0 Å². The van der Waals surface area contributed by atoms with Crippen LogP contribution in [0.3, 0.4) is 0 Å². The average Bonchev–Trinajstić information content (AvgIpc) is 3.60. The smallest absolute Gasteiger partial charge is 0.268 e. The van der Waals surface area contributed by atoms with Gasteiger partial charge in [-0.25, -0.2) is 22.1 Å². The number of imidazole rings is 1. The predicted octanol–water partition coefficient (Wildman–Crippen LogP) is 4.06. The van der Waals surface area contributed by atoms with Crippen molar-refractivity contribution in [1.29, 1.82) is 0 Å². The van der Waals surface area contributed by atoms with Gasteiger partial charge in [0.1, 0.15) is 11.5 Å². The van der Waals surface area contributed by atoms with Gasteiger partial charge in [-0.3, -0.25) is 4.79 Å². The maximum Gasteiger partial charge on any atom is 0.268 e. The number of nitrogens with two attached hydrogens (primary N) is 1. The molecule has 6 rings (SSSR count). The second-order valence-corrected chi connectivity index (χ2v) is 10.2. The van der Waals surface area contributed by atoms with E-state index in [1.54, 1.807) is 54.9 Å². The fourth-order valence-corrected chi connectivity index (χ4v) is 5.81. The van der Waals surface area contributed by atoms with Crippen molar-refractivity contribution in [2.24, 2.45) is 0 Å². The van der Waals surface area contributed by atoms with Gasteiger partial charge in [0, 0.05) is 5.39 Å². The molecule has 3 heterocycles. The number of para-hydroxylation sites is 1. The van der Waals surface area contributed by atoms with E-state index in [1.165, 1.54) is 23.0 Å². The highest BCUT2D eigenvalue weighted by atomic mass is 32.2. The molecule has 3 aromatic heterocycles. The number of ketones is 1. The van der Waals surface area contributed by atoms with Crippen LogP contribution >= 0.6 is 0 Å². The SMILES string of the molecule is Cc1ccc(S(=O)(=O)n2c(C(=O)c3cnn(-c4ccc5nc[nH]c5c4)c3N)cc3ccccc32)cc1. The fraction of sp³-hybridized carbons (Fsp3) is 0.0385. The average molecular weight is 497 g/mol. The monoisotopic (exact) mass is 496 g/mol. The summed E-state index contributed by atoms with van der Waals surface area (Å²) >= 11 is 0. The third kappa shape index (κ3) is 3.30. The number of aromatic amines is 1. The summed E-state index contributed by atoms with van der Waals surface area (Å²) < 4.78 is 30.0. The molecule has 0 bridgehead atoms. The van der Waals surface area contributed by atoms with Crippen LogP contribution in [0.25, 0.3) is 27.6 Å². The number of carbonyl (C=O) groups excluding carboxylic acids is 1. The molecule has 0 aliphatic rings. The van der Waals surface area contributed by atoms with E-state index in [1.807, 2.05) is 19.1 Å². The summed E-state index contributed by atoms with van der Waals surface area (Å²) in [6.07, 6.45) is 2.94. The summed E-state index contributed by atoms with van der Waals surface area (Å²) in [7, 11) is -4.08. The van der Waals surface area contributed by atoms with Gasteiger partial charge in [0.15, 0.2) is 0 Å². The van der Waals surface area contributed by atoms with Crippen LogP contribution < -0.4 is 5.73 Å². The molecule has 0 amide bonds. The Bertz CT molecular complexity index is 1900. The normalized spacial score (nSPS) is 11.9. The highest BCUT2D eigenvalue weighted by Crippen LogP contribution is 2.29. The van der Waals surface area contributed by atoms with Crippen molar-refractivity contribution in [1.82, 2.24) is 23.7 Å². The molecule has 9 nitrogen and oxygen atoms in total. The van der Waals surface area contributed by atoms with E-state index < -0.39 is 15.8 Å². The Labute approximate surface area is 205 Å². The van der Waals surface area contributed by atoms with Gasteiger partial charge >= 0.3 is 0 Å². The van der Waals surface area contributed by atoms with Gasteiger partial charge in [0.2, 0.25) is 5.78 Å². The molecular weight excluding hydrogens is 476 g/mol. The third-order valence-corrected chi connectivity index (χ3v) is 7.90. The number of H-pyrrole nitrogens is 1. The Morgan fingerprint density at radius 1 is 1.00 bits per heavy atom. The molecule has 0 atom stereocenters. The van der Waals surface area contributed by atoms with E-state index in [2.05, 4.69) is 15.1 Å². The molecule has 3 aromatic carbocycles. The number of rotatable bonds is 5. The number of aryl methyl sites for hydroxylation is 1. The molecular formula is C26H20N6O3S. The van der Waals surface area contributed by atoms with Gasteiger partial charge in [-0.2, -0.15) is 5.10 Å². The summed E-state index contributed by atoms with van der Waals surface area (Å²) in [5.41, 5.74) is 9.99. The summed E-state index contributed by atoms with van der Waals surface area (Å²) in [6.45, 7) is 1.88. The predicted molar refractivity (Wildman–Crippen MR) is 137 cm³/mol. The number of nitrogens with one attached hydrogen (secondary N) is 1. The molecule has 10 heteroatoms. The number of hydrogen-bond donors (Lipinski definition) is 2. The summed E-state index contributed by atoms with van der Waals surface area (Å²) in [5.74, 6) is -0.448. The second kappa shape index (κ2) is 7.92. The van der Waals surface area contributed by atoms with Crippen molar-refractivity contribution >= 4 is 43.6 Å². The molecule has 0 unspecified atom stereocenters. The van der Waals surface area contributed by atoms with Crippen LogP contribution in [0.2, 0.25) is 0 Å². The molecule has 178 valence electrons. The zero-order valence-corrected chi connectivity index (χ0v) is 19.9. The highest BCUT2D eigenvalue weighted by molar-refractivity contribution is 7.90. The van der Waals surface area contributed by atoms with Crippen LogP contribution in [-0.2, 0) is 10.0 Å². The molecule has 0 radical (unpaired) electrons. The lowest BCUT2D eigenvalue weighted by Gasteiger charge is -2.12. The van der Waals surface area contributed by atoms with Gasteiger partial charge in [0.05, 0.1) is 45.2 Å². The first-order valence-electron chi connectivity index (χ1n) is 11.1. The minimum Gasteiger partial charge on any atom is -0.383 e. The van der Waals surface area contributed by atoms with E-state index in [9.17, 15) is 13.2 Å². The van der Waals surface area contributed by atoms with E-state index in [0.29, 0.717) is 16.6 Å². The molecule has 0 saturated heterocycles. The van der Waals surface area contributed by atoms with Crippen LogP contribution in [0.15, 0.2) is 90.2 Å². The summed E-state index contributed by atoms with van der Waals surface area (Å²) in [6, 6.07) is 20.5. The zero-order chi connectivity index (χ0) is 25.0. The number of fused-ring (bicyclic) bond motifs is 2. The van der Waals surface area contributed by atoms with Crippen molar-refractivity contribution in [2.75, 3.05) is 5.73 Å². The first-order valence-corrected chi connectivity index (χ1v) is 12.5. The topological polar surface area (TPSA) is 129 Å². The van der Waals surface area contributed by atoms with E-state index in [-0.39, 0.29) is 22.0 Å². The molecule has 0 spiro atoms. The first-order chi connectivity index (χ1) is 17.3. The number of nitrogen functional groups attached to an aromatic ring is 1. The van der Waals surface area contributed by atoms with Crippen molar-refractivity contribution in [3.63, 3.8) is 0 Å². The molecule has 0 aliphatic carbocycles. The molecule has 3 N–H and O–H groups in total. The third-order valence-electron chi connectivity index (χ3n) is 6.16. The Balaban J connectivity index is 1.50. The summed E-state index contributed by atoms with van der Waals surface area (Å²) in [4.78, 5) is 21.1. The minimum absolute atomic E-state index is 0.0213. The van der Waals surface area contributed by atoms with Crippen LogP contribution in [-0.4, -0.2) is 37.9 Å². The molecule has 0 aliphatic heterocycles. The summed E-state index contributed by atoms with van der Waals surface area (Å²) in [5, 5.41) is 4.93. The number of nitrogens with zero attached hydrogens (tertiary/aromatic N) is 4. The second-order valence-electron chi connectivity index (χ2n) is 8.46. The van der Waals surface area contributed by atoms with Crippen molar-refractivity contribution in [3.8, 4) is 5.69 Å². The lowest BCUT2D eigenvalue weighted by atomic mass is 10.1. The Morgan fingerprint density at radius 3 is 2.58 bits per heavy atom. The maximum atomic E-state index is 13.8. The van der Waals surface area contributed by atoms with Crippen LogP contribution in [0.4, 0.5) is 5.82 Å². The van der Waals surface area contributed by atoms with Gasteiger partial charge in [-0.15, -0.1) is 0 Å². The largest absolute Gasteiger partial charge is 0.383 e. The van der Waals surface area contributed by atoms with E-state index in [0.717, 1.165) is 20.6 Å². The van der Waals surface area contributed by atoms with Gasteiger partial charge in [0.25, 0.3) is 10.0 Å². The Kier molecular flexibility index (Phi) is 4.80. The fourth-order valence-electron chi connectivity index (χ4n) is 4.29. The number of aromatic nitrogens is 5. The van der Waals surface area contributed by atoms with Gasteiger partial charge in [-0.05, 0) is 49.4 Å².